The predicted molar refractivity (Wildman–Crippen MR) is 126 cm³/mol. The molecule has 0 amide bonds. The van der Waals surface area contributed by atoms with Gasteiger partial charge in [-0.2, -0.15) is 4.31 Å². The van der Waals surface area contributed by atoms with Gasteiger partial charge in [-0.3, -0.25) is 4.79 Å². The van der Waals surface area contributed by atoms with E-state index in [4.69, 9.17) is 4.74 Å². The maximum Gasteiger partial charge on any atom is 0.338 e. The fourth-order valence-electron chi connectivity index (χ4n) is 3.81. The molecule has 0 N–H and O–H groups in total. The smallest absolute Gasteiger partial charge is 0.338 e. The normalized spacial score (nSPS) is 11.5. The number of benzene rings is 2. The van der Waals surface area contributed by atoms with Crippen LogP contribution in [0.5, 0.6) is 0 Å². The fourth-order valence-corrected chi connectivity index (χ4v) is 5.31. The van der Waals surface area contributed by atoms with Crippen molar-refractivity contribution in [2.45, 2.75) is 32.6 Å². The van der Waals surface area contributed by atoms with Gasteiger partial charge in [0.15, 0.2) is 6.61 Å². The number of hydrogen-bond acceptors (Lipinski definition) is 5. The van der Waals surface area contributed by atoms with Crippen LogP contribution in [0.25, 0.3) is 5.69 Å². The van der Waals surface area contributed by atoms with E-state index in [-0.39, 0.29) is 16.2 Å². The summed E-state index contributed by atoms with van der Waals surface area (Å²) in [6.07, 6.45) is 0. The van der Waals surface area contributed by atoms with Crippen molar-refractivity contribution in [2.75, 3.05) is 19.7 Å². The lowest BCUT2D eigenvalue weighted by Crippen LogP contribution is -2.30. The third-order valence-corrected chi connectivity index (χ3v) is 7.54. The molecule has 33 heavy (non-hydrogen) atoms. The summed E-state index contributed by atoms with van der Waals surface area (Å²) < 4.78 is 34.0. The highest BCUT2D eigenvalue weighted by Crippen LogP contribution is 2.22. The molecule has 0 fully saturated rings. The molecule has 0 atom stereocenters. The van der Waals surface area contributed by atoms with Gasteiger partial charge >= 0.3 is 5.97 Å². The molecule has 1 heterocycles. The molecule has 0 unspecified atom stereocenters. The second-order valence-corrected chi connectivity index (χ2v) is 9.51. The maximum atomic E-state index is 12.8. The minimum Gasteiger partial charge on any atom is -0.454 e. The molecule has 0 saturated carbocycles. The standard InChI is InChI=1S/C25H28N2O5S/c1-5-26(6-2)33(30,31)22-14-10-11-20(16-22)25(29)32-17-24(28)23-15-18(3)27(19(23)4)21-12-8-7-9-13-21/h7-16H,5-6,17H2,1-4H3. The van der Waals surface area contributed by atoms with Crippen LogP contribution in [0.15, 0.2) is 65.6 Å². The van der Waals surface area contributed by atoms with Crippen LogP contribution in [0.3, 0.4) is 0 Å². The lowest BCUT2D eigenvalue weighted by molar-refractivity contribution is 0.0474. The number of rotatable bonds is 9. The minimum atomic E-state index is -3.71. The molecule has 0 aliphatic rings. The number of nitrogens with zero attached hydrogens (tertiary/aromatic N) is 2. The van der Waals surface area contributed by atoms with Crippen LogP contribution in [0, 0.1) is 13.8 Å². The molecule has 174 valence electrons. The van der Waals surface area contributed by atoms with Gasteiger partial charge in [0.05, 0.1) is 10.5 Å². The summed E-state index contributed by atoms with van der Waals surface area (Å²) in [4.78, 5) is 25.4. The van der Waals surface area contributed by atoms with E-state index in [0.717, 1.165) is 17.1 Å². The van der Waals surface area contributed by atoms with E-state index >= 15 is 0 Å². The number of para-hydroxylation sites is 1. The minimum absolute atomic E-state index is 0.0124. The molecule has 3 aromatic rings. The second-order valence-electron chi connectivity index (χ2n) is 7.57. The van der Waals surface area contributed by atoms with Gasteiger partial charge in [0, 0.05) is 35.7 Å². The first-order valence-corrected chi connectivity index (χ1v) is 12.2. The molecular weight excluding hydrogens is 440 g/mol. The van der Waals surface area contributed by atoms with E-state index in [0.29, 0.717) is 18.7 Å². The third kappa shape index (κ3) is 5.07. The van der Waals surface area contributed by atoms with E-state index in [1.807, 2.05) is 48.7 Å². The van der Waals surface area contributed by atoms with Gasteiger partial charge in [-0.15, -0.1) is 0 Å². The Kier molecular flexibility index (Phi) is 7.50. The molecule has 3 rings (SSSR count). The highest BCUT2D eigenvalue weighted by molar-refractivity contribution is 7.89. The third-order valence-electron chi connectivity index (χ3n) is 5.49. The van der Waals surface area contributed by atoms with Crippen LogP contribution in [0.1, 0.15) is 46.0 Å². The fraction of sp³-hybridized carbons (Fsp3) is 0.280. The molecule has 8 heteroatoms. The number of Topliss-reactive ketones (excluding diaryl/α,β-unsaturated/α-hetero) is 1. The summed E-state index contributed by atoms with van der Waals surface area (Å²) in [5.74, 6) is -1.08. The van der Waals surface area contributed by atoms with Crippen molar-refractivity contribution >= 4 is 21.8 Å². The van der Waals surface area contributed by atoms with Crippen molar-refractivity contribution < 1.29 is 22.7 Å². The molecule has 0 bridgehead atoms. The van der Waals surface area contributed by atoms with Crippen LogP contribution in [-0.4, -0.2) is 48.7 Å². The zero-order valence-electron chi connectivity index (χ0n) is 19.2. The second kappa shape index (κ2) is 10.1. The Morgan fingerprint density at radius 2 is 1.61 bits per heavy atom. The lowest BCUT2D eigenvalue weighted by atomic mass is 10.1. The first-order chi connectivity index (χ1) is 15.7. The number of ether oxygens (including phenoxy) is 1. The monoisotopic (exact) mass is 468 g/mol. The number of sulfonamides is 1. The van der Waals surface area contributed by atoms with E-state index in [9.17, 15) is 18.0 Å². The van der Waals surface area contributed by atoms with Crippen LogP contribution < -0.4 is 0 Å². The number of carbonyl (C=O) groups is 2. The zero-order chi connectivity index (χ0) is 24.2. The van der Waals surface area contributed by atoms with Gasteiger partial charge in [-0.05, 0) is 50.2 Å². The molecule has 1 aromatic heterocycles. The number of ketones is 1. The van der Waals surface area contributed by atoms with Crippen LogP contribution >= 0.6 is 0 Å². The highest BCUT2D eigenvalue weighted by atomic mass is 32.2. The van der Waals surface area contributed by atoms with Crippen molar-refractivity contribution in [1.29, 1.82) is 0 Å². The van der Waals surface area contributed by atoms with E-state index in [1.54, 1.807) is 19.9 Å². The summed E-state index contributed by atoms with van der Waals surface area (Å²) in [5.41, 5.74) is 3.14. The molecule has 0 aliphatic heterocycles. The topological polar surface area (TPSA) is 85.7 Å². The lowest BCUT2D eigenvalue weighted by Gasteiger charge is -2.18. The number of carbonyl (C=O) groups excluding carboxylic acids is 2. The first-order valence-electron chi connectivity index (χ1n) is 10.8. The maximum absolute atomic E-state index is 12.8. The predicted octanol–water partition coefficient (Wildman–Crippen LogP) is 4.16. The summed E-state index contributed by atoms with van der Waals surface area (Å²) in [6.45, 7) is 7.46. The molecule has 0 aliphatic carbocycles. The van der Waals surface area contributed by atoms with Gasteiger partial charge in [0.2, 0.25) is 15.8 Å². The SMILES string of the molecule is CCN(CC)S(=O)(=O)c1cccc(C(=O)OCC(=O)c2cc(C)n(-c3ccccc3)c2C)c1. The zero-order valence-corrected chi connectivity index (χ0v) is 20.1. The molecule has 2 aromatic carbocycles. The van der Waals surface area contributed by atoms with E-state index < -0.39 is 22.6 Å². The van der Waals surface area contributed by atoms with E-state index in [2.05, 4.69) is 0 Å². The van der Waals surface area contributed by atoms with Crippen molar-refractivity contribution in [3.63, 3.8) is 0 Å². The number of hydrogen-bond donors (Lipinski definition) is 0. The van der Waals surface area contributed by atoms with Crippen molar-refractivity contribution in [3.05, 3.63) is 83.2 Å². The molecule has 0 radical (unpaired) electrons. The van der Waals surface area contributed by atoms with Crippen LogP contribution in [0.4, 0.5) is 0 Å². The Morgan fingerprint density at radius 1 is 0.939 bits per heavy atom. The van der Waals surface area contributed by atoms with Crippen molar-refractivity contribution in [2.24, 2.45) is 0 Å². The summed E-state index contributed by atoms with van der Waals surface area (Å²) >= 11 is 0. The largest absolute Gasteiger partial charge is 0.454 e. The molecule has 7 nitrogen and oxygen atoms in total. The Balaban J connectivity index is 1.75. The van der Waals surface area contributed by atoms with E-state index in [1.165, 1.54) is 28.6 Å². The highest BCUT2D eigenvalue weighted by Gasteiger charge is 2.23. The Morgan fingerprint density at radius 3 is 2.24 bits per heavy atom. The first kappa shape index (κ1) is 24.4. The molecule has 0 saturated heterocycles. The van der Waals surface area contributed by atoms with Crippen molar-refractivity contribution in [3.8, 4) is 5.69 Å². The van der Waals surface area contributed by atoms with Crippen LogP contribution in [0.2, 0.25) is 0 Å². The van der Waals surface area contributed by atoms with Gasteiger partial charge < -0.3 is 9.30 Å². The Hall–Kier alpha value is -3.23. The van der Waals surface area contributed by atoms with Gasteiger partial charge in [-0.25, -0.2) is 13.2 Å². The summed E-state index contributed by atoms with van der Waals surface area (Å²) in [5, 5.41) is 0. The number of aromatic nitrogens is 1. The van der Waals surface area contributed by atoms with Crippen LogP contribution in [-0.2, 0) is 14.8 Å². The summed E-state index contributed by atoms with van der Waals surface area (Å²) in [7, 11) is -3.71. The quantitative estimate of drug-likeness (QED) is 0.348. The van der Waals surface area contributed by atoms with Gasteiger partial charge in [-0.1, -0.05) is 38.1 Å². The van der Waals surface area contributed by atoms with Gasteiger partial charge in [0.1, 0.15) is 0 Å². The van der Waals surface area contributed by atoms with Gasteiger partial charge in [0.25, 0.3) is 0 Å². The number of esters is 1. The molecule has 0 spiro atoms. The van der Waals surface area contributed by atoms with Crippen molar-refractivity contribution in [1.82, 2.24) is 8.87 Å². The Bertz CT molecular complexity index is 1260. The average Bonchev–Trinajstić information content (AvgIpc) is 3.12. The summed E-state index contributed by atoms with van der Waals surface area (Å²) in [6, 6.07) is 17.1. The average molecular weight is 469 g/mol. The molecular formula is C25H28N2O5S. The Labute approximate surface area is 194 Å². The number of aryl methyl sites for hydroxylation is 1.